The van der Waals surface area contributed by atoms with Gasteiger partial charge in [0.25, 0.3) is 5.91 Å². The molecule has 1 amide bonds. The molecular formula is C19H30F3IN4O2. The van der Waals surface area contributed by atoms with Crippen molar-refractivity contribution in [1.29, 1.82) is 0 Å². The second-order valence-electron chi connectivity index (χ2n) is 7.30. The SMILES string of the molecule is CN=C(NCCNC(=O)c1ccc(C(F)(F)F)cc1)NCC(OC)C(C)(C)C.I. The Morgan fingerprint density at radius 1 is 1.07 bits per heavy atom. The highest BCUT2D eigenvalue weighted by Gasteiger charge is 2.30. The molecule has 0 saturated carbocycles. The fourth-order valence-electron chi connectivity index (χ4n) is 2.42. The van der Waals surface area contributed by atoms with Gasteiger partial charge in [0.2, 0.25) is 0 Å². The fraction of sp³-hybridized carbons (Fsp3) is 0.579. The zero-order chi connectivity index (χ0) is 21.4. The lowest BCUT2D eigenvalue weighted by Crippen LogP contribution is -2.46. The number of carbonyl (C=O) groups excluding carboxylic acids is 1. The maximum Gasteiger partial charge on any atom is 0.416 e. The minimum absolute atomic E-state index is 0. The normalized spacial score (nSPS) is 13.3. The molecule has 0 aliphatic heterocycles. The zero-order valence-corrected chi connectivity index (χ0v) is 19.6. The van der Waals surface area contributed by atoms with Crippen molar-refractivity contribution < 1.29 is 22.7 Å². The molecule has 3 N–H and O–H groups in total. The van der Waals surface area contributed by atoms with E-state index in [4.69, 9.17) is 4.74 Å². The van der Waals surface area contributed by atoms with E-state index in [2.05, 4.69) is 41.7 Å². The Hall–Kier alpha value is -1.56. The number of nitrogens with one attached hydrogen (secondary N) is 3. The van der Waals surface area contributed by atoms with Gasteiger partial charge >= 0.3 is 6.18 Å². The van der Waals surface area contributed by atoms with Gasteiger partial charge in [-0.15, -0.1) is 24.0 Å². The van der Waals surface area contributed by atoms with Crippen LogP contribution in [0.4, 0.5) is 13.2 Å². The molecule has 1 atom stereocenters. The second kappa shape index (κ2) is 12.2. The van der Waals surface area contributed by atoms with Gasteiger partial charge in [-0.3, -0.25) is 9.79 Å². The molecule has 0 aliphatic rings. The van der Waals surface area contributed by atoms with E-state index < -0.39 is 17.6 Å². The first-order valence-corrected chi connectivity index (χ1v) is 8.91. The zero-order valence-electron chi connectivity index (χ0n) is 17.3. The van der Waals surface area contributed by atoms with Crippen LogP contribution in [0.2, 0.25) is 0 Å². The third-order valence-electron chi connectivity index (χ3n) is 4.11. The molecule has 0 spiro atoms. The van der Waals surface area contributed by atoms with E-state index in [9.17, 15) is 18.0 Å². The number of nitrogens with zero attached hydrogens (tertiary/aromatic N) is 1. The standard InChI is InChI=1S/C19H29F3N4O2.HI/c1-18(2,3)15(28-5)12-26-17(23-4)25-11-10-24-16(27)13-6-8-14(9-7-13)19(20,21)22;/h6-9,15H,10-12H2,1-5H3,(H,24,27)(H2,23,25,26);1H. The number of carbonyl (C=O) groups is 1. The van der Waals surface area contributed by atoms with Crippen molar-refractivity contribution in [3.8, 4) is 0 Å². The van der Waals surface area contributed by atoms with Gasteiger partial charge < -0.3 is 20.7 Å². The van der Waals surface area contributed by atoms with E-state index in [1.54, 1.807) is 14.2 Å². The Morgan fingerprint density at radius 3 is 2.07 bits per heavy atom. The van der Waals surface area contributed by atoms with E-state index >= 15 is 0 Å². The van der Waals surface area contributed by atoms with Crippen molar-refractivity contribution in [1.82, 2.24) is 16.0 Å². The summed E-state index contributed by atoms with van der Waals surface area (Å²) in [5.74, 6) is 0.126. The second-order valence-corrected chi connectivity index (χ2v) is 7.30. The average molecular weight is 530 g/mol. The molecule has 1 aromatic rings. The highest BCUT2D eigenvalue weighted by atomic mass is 127. The molecule has 0 heterocycles. The fourth-order valence-corrected chi connectivity index (χ4v) is 2.42. The van der Waals surface area contributed by atoms with Crippen molar-refractivity contribution >= 4 is 35.8 Å². The summed E-state index contributed by atoms with van der Waals surface area (Å²) in [6.07, 6.45) is -4.43. The van der Waals surface area contributed by atoms with Gasteiger partial charge in [0.05, 0.1) is 11.7 Å². The maximum atomic E-state index is 12.5. The summed E-state index contributed by atoms with van der Waals surface area (Å²) in [7, 11) is 3.29. The van der Waals surface area contributed by atoms with Gasteiger partial charge in [-0.2, -0.15) is 13.2 Å². The number of alkyl halides is 3. The van der Waals surface area contributed by atoms with Crippen LogP contribution in [-0.4, -0.2) is 51.8 Å². The molecular weight excluding hydrogens is 500 g/mol. The average Bonchev–Trinajstić information content (AvgIpc) is 2.62. The van der Waals surface area contributed by atoms with Crippen LogP contribution in [0.15, 0.2) is 29.3 Å². The van der Waals surface area contributed by atoms with E-state index in [0.717, 1.165) is 24.3 Å². The molecule has 29 heavy (non-hydrogen) atoms. The first-order valence-electron chi connectivity index (χ1n) is 8.91. The summed E-state index contributed by atoms with van der Waals surface area (Å²) in [4.78, 5) is 16.1. The number of amides is 1. The van der Waals surface area contributed by atoms with Gasteiger partial charge in [-0.25, -0.2) is 0 Å². The van der Waals surface area contributed by atoms with Crippen LogP contribution in [0.3, 0.4) is 0 Å². The number of aliphatic imine (C=N–C) groups is 1. The molecule has 6 nitrogen and oxygen atoms in total. The van der Waals surface area contributed by atoms with Gasteiger partial charge in [0.15, 0.2) is 5.96 Å². The van der Waals surface area contributed by atoms with Crippen molar-refractivity contribution in [3.63, 3.8) is 0 Å². The molecule has 0 fully saturated rings. The number of benzene rings is 1. The maximum absolute atomic E-state index is 12.5. The molecule has 0 saturated heterocycles. The third-order valence-corrected chi connectivity index (χ3v) is 4.11. The number of hydrogen-bond acceptors (Lipinski definition) is 3. The topological polar surface area (TPSA) is 74.8 Å². The summed E-state index contributed by atoms with van der Waals surface area (Å²) in [6, 6.07) is 4.09. The van der Waals surface area contributed by atoms with Gasteiger partial charge in [-0.1, -0.05) is 20.8 Å². The minimum Gasteiger partial charge on any atom is -0.379 e. The predicted octanol–water partition coefficient (Wildman–Crippen LogP) is 3.28. The van der Waals surface area contributed by atoms with Gasteiger partial charge in [0.1, 0.15) is 0 Å². The highest BCUT2D eigenvalue weighted by molar-refractivity contribution is 14.0. The van der Waals surface area contributed by atoms with Gasteiger partial charge in [0, 0.05) is 39.4 Å². The number of ether oxygens (including phenoxy) is 1. The summed E-state index contributed by atoms with van der Waals surface area (Å²) in [5, 5.41) is 8.86. The van der Waals surface area contributed by atoms with Crippen LogP contribution >= 0.6 is 24.0 Å². The Labute approximate surface area is 187 Å². The summed E-state index contributed by atoms with van der Waals surface area (Å²) >= 11 is 0. The quantitative estimate of drug-likeness (QED) is 0.219. The predicted molar refractivity (Wildman–Crippen MR) is 119 cm³/mol. The van der Waals surface area contributed by atoms with E-state index in [1.807, 2.05) is 0 Å². The number of guanidine groups is 1. The smallest absolute Gasteiger partial charge is 0.379 e. The number of hydrogen-bond donors (Lipinski definition) is 3. The van der Waals surface area contributed by atoms with Crippen LogP contribution in [0, 0.1) is 5.41 Å². The lowest BCUT2D eigenvalue weighted by molar-refractivity contribution is -0.137. The molecule has 166 valence electrons. The van der Waals surface area contributed by atoms with Crippen LogP contribution in [0.5, 0.6) is 0 Å². The van der Waals surface area contributed by atoms with Crippen molar-refractivity contribution in [2.45, 2.75) is 33.1 Å². The lowest BCUT2D eigenvalue weighted by Gasteiger charge is -2.30. The van der Waals surface area contributed by atoms with Crippen LogP contribution in [-0.2, 0) is 10.9 Å². The highest BCUT2D eigenvalue weighted by Crippen LogP contribution is 2.29. The van der Waals surface area contributed by atoms with E-state index in [0.29, 0.717) is 19.0 Å². The Bertz CT molecular complexity index is 659. The van der Waals surface area contributed by atoms with Crippen molar-refractivity contribution in [3.05, 3.63) is 35.4 Å². The van der Waals surface area contributed by atoms with E-state index in [1.165, 1.54) is 0 Å². The largest absolute Gasteiger partial charge is 0.416 e. The van der Waals surface area contributed by atoms with E-state index in [-0.39, 0.29) is 47.6 Å². The van der Waals surface area contributed by atoms with Crippen LogP contribution in [0.25, 0.3) is 0 Å². The lowest BCUT2D eigenvalue weighted by atomic mass is 9.89. The monoisotopic (exact) mass is 530 g/mol. The number of halogens is 4. The number of rotatable bonds is 7. The summed E-state index contributed by atoms with van der Waals surface area (Å²) in [5.41, 5.74) is -0.648. The Balaban J connectivity index is 0.00000784. The van der Waals surface area contributed by atoms with Crippen molar-refractivity contribution in [2.24, 2.45) is 10.4 Å². The molecule has 1 aromatic carbocycles. The molecule has 0 radical (unpaired) electrons. The first-order chi connectivity index (χ1) is 13.0. The minimum atomic E-state index is -4.42. The molecule has 1 rings (SSSR count). The molecule has 0 bridgehead atoms. The molecule has 0 aliphatic carbocycles. The van der Waals surface area contributed by atoms with Gasteiger partial charge in [-0.05, 0) is 29.7 Å². The summed E-state index contributed by atoms with van der Waals surface area (Å²) < 4.78 is 43.1. The molecule has 1 unspecified atom stereocenters. The summed E-state index contributed by atoms with van der Waals surface area (Å²) in [6.45, 7) is 7.49. The number of methoxy groups -OCH3 is 1. The third kappa shape index (κ3) is 9.66. The Morgan fingerprint density at radius 2 is 1.62 bits per heavy atom. The molecule has 0 aromatic heterocycles. The first kappa shape index (κ1) is 27.4. The molecule has 10 heteroatoms. The Kier molecular flexibility index (Phi) is 11.6. The van der Waals surface area contributed by atoms with Crippen molar-refractivity contribution in [2.75, 3.05) is 33.8 Å². The van der Waals surface area contributed by atoms with Crippen LogP contribution < -0.4 is 16.0 Å². The van der Waals surface area contributed by atoms with Crippen LogP contribution in [0.1, 0.15) is 36.7 Å².